The summed E-state index contributed by atoms with van der Waals surface area (Å²) >= 11 is 0. The Morgan fingerprint density at radius 2 is 2.00 bits per heavy atom. The molecule has 144 valence electrons. The monoisotopic (exact) mass is 390 g/mol. The molecule has 0 aliphatic carbocycles. The van der Waals surface area contributed by atoms with E-state index in [9.17, 15) is 9.59 Å². The van der Waals surface area contributed by atoms with Gasteiger partial charge in [0.25, 0.3) is 11.8 Å². The maximum absolute atomic E-state index is 12.5. The summed E-state index contributed by atoms with van der Waals surface area (Å²) in [5.74, 6) is -0.673. The fourth-order valence-corrected chi connectivity index (χ4v) is 2.87. The molecule has 1 aromatic heterocycles. The molecule has 2 amide bonds. The molecule has 1 aliphatic rings. The van der Waals surface area contributed by atoms with Crippen LogP contribution >= 0.6 is 12.4 Å². The highest BCUT2D eigenvalue weighted by molar-refractivity contribution is 6.08. The molecule has 0 radical (unpaired) electrons. The Bertz CT molecular complexity index is 801. The average molecular weight is 391 g/mol. The standard InChI is InChI=1S/C18H22N6O2.ClH/c1-2-9-20-17(25)14-5-3-4-6-15(14)21-18(26)16-12-24(23-22-16)13-7-10-19-11-8-13;/h2-6,12-13,19H,1,7-11H2,(H,20,25)(H,21,26);1H. The van der Waals surface area contributed by atoms with E-state index in [0.717, 1.165) is 25.9 Å². The van der Waals surface area contributed by atoms with E-state index >= 15 is 0 Å². The van der Waals surface area contributed by atoms with Crippen molar-refractivity contribution >= 4 is 29.9 Å². The lowest BCUT2D eigenvalue weighted by atomic mass is 10.1. The Labute approximate surface area is 163 Å². The third kappa shape index (κ3) is 5.15. The van der Waals surface area contributed by atoms with E-state index in [-0.39, 0.29) is 30.0 Å². The zero-order valence-corrected chi connectivity index (χ0v) is 15.7. The third-order valence-corrected chi connectivity index (χ3v) is 4.25. The molecule has 0 saturated carbocycles. The van der Waals surface area contributed by atoms with Gasteiger partial charge in [0.15, 0.2) is 5.69 Å². The molecule has 0 atom stereocenters. The third-order valence-electron chi connectivity index (χ3n) is 4.25. The molecule has 1 aromatic carbocycles. The van der Waals surface area contributed by atoms with Crippen LogP contribution in [0.5, 0.6) is 0 Å². The largest absolute Gasteiger partial charge is 0.349 e. The Morgan fingerprint density at radius 1 is 1.26 bits per heavy atom. The number of nitrogens with zero attached hydrogens (tertiary/aromatic N) is 3. The fourth-order valence-electron chi connectivity index (χ4n) is 2.87. The van der Waals surface area contributed by atoms with Crippen LogP contribution in [0.1, 0.15) is 39.7 Å². The molecule has 8 nitrogen and oxygen atoms in total. The van der Waals surface area contributed by atoms with Gasteiger partial charge in [0.05, 0.1) is 23.5 Å². The van der Waals surface area contributed by atoms with Gasteiger partial charge in [0.1, 0.15) is 0 Å². The lowest BCUT2D eigenvalue weighted by molar-refractivity contribution is 0.0959. The molecular weight excluding hydrogens is 368 g/mol. The first-order valence-corrected chi connectivity index (χ1v) is 8.61. The summed E-state index contributed by atoms with van der Waals surface area (Å²) < 4.78 is 1.75. The van der Waals surface area contributed by atoms with Crippen LogP contribution in [0.15, 0.2) is 43.1 Å². The molecule has 27 heavy (non-hydrogen) atoms. The quantitative estimate of drug-likeness (QED) is 0.653. The zero-order valence-electron chi connectivity index (χ0n) is 14.9. The number of piperidine rings is 1. The van der Waals surface area contributed by atoms with E-state index in [1.165, 1.54) is 0 Å². The van der Waals surface area contributed by atoms with Crippen LogP contribution in [0, 0.1) is 0 Å². The number of carbonyl (C=O) groups excluding carboxylic acids is 2. The summed E-state index contributed by atoms with van der Waals surface area (Å²) in [5, 5.41) is 16.8. The molecule has 1 aliphatic heterocycles. The lowest BCUT2D eigenvalue weighted by Gasteiger charge is -2.22. The first-order chi connectivity index (χ1) is 12.7. The van der Waals surface area contributed by atoms with Crippen molar-refractivity contribution in [2.45, 2.75) is 18.9 Å². The Hall–Kier alpha value is -2.71. The van der Waals surface area contributed by atoms with Crippen molar-refractivity contribution in [1.82, 2.24) is 25.6 Å². The molecule has 0 spiro atoms. The highest BCUT2D eigenvalue weighted by Crippen LogP contribution is 2.19. The first kappa shape index (κ1) is 20.6. The van der Waals surface area contributed by atoms with Gasteiger partial charge in [-0.3, -0.25) is 9.59 Å². The van der Waals surface area contributed by atoms with Crippen molar-refractivity contribution in [2.75, 3.05) is 25.0 Å². The summed E-state index contributed by atoms with van der Waals surface area (Å²) in [7, 11) is 0. The second-order valence-electron chi connectivity index (χ2n) is 6.06. The number of carbonyl (C=O) groups is 2. The van der Waals surface area contributed by atoms with Gasteiger partial charge >= 0.3 is 0 Å². The Kier molecular flexibility index (Phi) is 7.51. The fraction of sp³-hybridized carbons (Fsp3) is 0.333. The van der Waals surface area contributed by atoms with Crippen LogP contribution in [-0.4, -0.2) is 46.4 Å². The number of rotatable bonds is 6. The van der Waals surface area contributed by atoms with Crippen LogP contribution < -0.4 is 16.0 Å². The molecule has 2 heterocycles. The van der Waals surface area contributed by atoms with Crippen LogP contribution in [0.2, 0.25) is 0 Å². The van der Waals surface area contributed by atoms with E-state index in [2.05, 4.69) is 32.8 Å². The second-order valence-corrected chi connectivity index (χ2v) is 6.06. The summed E-state index contributed by atoms with van der Waals surface area (Å²) in [6.07, 6.45) is 5.16. The molecular formula is C18H23ClN6O2. The van der Waals surface area contributed by atoms with Crippen molar-refractivity contribution in [3.63, 3.8) is 0 Å². The van der Waals surface area contributed by atoms with Crippen molar-refractivity contribution < 1.29 is 9.59 Å². The number of para-hydroxylation sites is 1. The van der Waals surface area contributed by atoms with Gasteiger partial charge in [-0.05, 0) is 38.1 Å². The van der Waals surface area contributed by atoms with E-state index < -0.39 is 5.91 Å². The minimum atomic E-state index is -0.394. The highest BCUT2D eigenvalue weighted by atomic mass is 35.5. The minimum absolute atomic E-state index is 0. The molecule has 1 fully saturated rings. The molecule has 0 unspecified atom stereocenters. The van der Waals surface area contributed by atoms with Gasteiger partial charge in [0, 0.05) is 6.54 Å². The Morgan fingerprint density at radius 3 is 2.74 bits per heavy atom. The predicted molar refractivity (Wildman–Crippen MR) is 105 cm³/mol. The second kappa shape index (κ2) is 9.84. The number of hydrogen-bond acceptors (Lipinski definition) is 5. The van der Waals surface area contributed by atoms with Gasteiger partial charge in [0.2, 0.25) is 0 Å². The van der Waals surface area contributed by atoms with E-state index in [0.29, 0.717) is 17.8 Å². The normalized spacial score (nSPS) is 14.1. The van der Waals surface area contributed by atoms with Crippen LogP contribution in [-0.2, 0) is 0 Å². The number of amides is 2. The maximum atomic E-state index is 12.5. The molecule has 3 N–H and O–H groups in total. The number of benzene rings is 1. The van der Waals surface area contributed by atoms with E-state index in [1.54, 1.807) is 41.2 Å². The highest BCUT2D eigenvalue weighted by Gasteiger charge is 2.20. The van der Waals surface area contributed by atoms with Crippen LogP contribution in [0.25, 0.3) is 0 Å². The summed E-state index contributed by atoms with van der Waals surface area (Å²) in [4.78, 5) is 24.7. The van der Waals surface area contributed by atoms with Crippen molar-refractivity contribution in [2.24, 2.45) is 0 Å². The summed E-state index contributed by atoms with van der Waals surface area (Å²) in [6.45, 7) is 5.78. The number of hydrogen-bond donors (Lipinski definition) is 3. The molecule has 0 bridgehead atoms. The van der Waals surface area contributed by atoms with Gasteiger partial charge in [-0.25, -0.2) is 4.68 Å². The molecule has 3 rings (SSSR count). The van der Waals surface area contributed by atoms with E-state index in [1.807, 2.05) is 0 Å². The zero-order chi connectivity index (χ0) is 18.4. The molecule has 1 saturated heterocycles. The van der Waals surface area contributed by atoms with Crippen molar-refractivity contribution in [3.05, 3.63) is 54.4 Å². The van der Waals surface area contributed by atoms with E-state index in [4.69, 9.17) is 0 Å². The minimum Gasteiger partial charge on any atom is -0.349 e. The first-order valence-electron chi connectivity index (χ1n) is 8.61. The van der Waals surface area contributed by atoms with Crippen molar-refractivity contribution in [1.29, 1.82) is 0 Å². The SMILES string of the molecule is C=CCNC(=O)c1ccccc1NC(=O)c1cn(C2CCNCC2)nn1.Cl. The van der Waals surface area contributed by atoms with Crippen LogP contribution in [0.4, 0.5) is 5.69 Å². The number of anilines is 1. The van der Waals surface area contributed by atoms with Crippen molar-refractivity contribution in [3.8, 4) is 0 Å². The van der Waals surface area contributed by atoms with Crippen LogP contribution in [0.3, 0.4) is 0 Å². The topological polar surface area (TPSA) is 101 Å². The lowest BCUT2D eigenvalue weighted by Crippen LogP contribution is -2.29. The van der Waals surface area contributed by atoms with Gasteiger partial charge in [-0.15, -0.1) is 24.1 Å². The smallest absolute Gasteiger partial charge is 0.277 e. The molecule has 9 heteroatoms. The van der Waals surface area contributed by atoms with Gasteiger partial charge in [-0.1, -0.05) is 23.4 Å². The summed E-state index contributed by atoms with van der Waals surface area (Å²) in [5.41, 5.74) is 1.04. The predicted octanol–water partition coefficient (Wildman–Crippen LogP) is 1.79. The van der Waals surface area contributed by atoms with Gasteiger partial charge in [-0.2, -0.15) is 0 Å². The maximum Gasteiger partial charge on any atom is 0.277 e. The molecule has 2 aromatic rings. The Balaban J connectivity index is 0.00000261. The average Bonchev–Trinajstić information content (AvgIpc) is 3.17. The van der Waals surface area contributed by atoms with Gasteiger partial charge < -0.3 is 16.0 Å². The number of halogens is 1. The number of aromatic nitrogens is 3. The summed E-state index contributed by atoms with van der Waals surface area (Å²) in [6, 6.07) is 7.08. The number of nitrogens with one attached hydrogen (secondary N) is 3.